The highest BCUT2D eigenvalue weighted by Crippen LogP contribution is 2.45. The maximum absolute atomic E-state index is 15.2. The van der Waals surface area contributed by atoms with Gasteiger partial charge in [0.15, 0.2) is 11.4 Å². The number of carbonyl (C=O) groups is 4. The molecule has 1 aromatic heterocycles. The molecule has 0 unspecified atom stereocenters. The fraction of sp³-hybridized carbons (Fsp3) is 0.700. The lowest BCUT2D eigenvalue weighted by Gasteiger charge is -2.36. The lowest BCUT2D eigenvalue weighted by Crippen LogP contribution is -2.64. The molecule has 3 N–H and O–H groups in total. The predicted octanol–water partition coefficient (Wildman–Crippen LogP) is 7.36. The summed E-state index contributed by atoms with van der Waals surface area (Å²) in [6.07, 6.45) is 3.23. The number of rotatable bonds is 13. The number of alkyl carbamates (subject to hydrolysis) is 1. The maximum atomic E-state index is 15.2. The summed E-state index contributed by atoms with van der Waals surface area (Å²) in [4.78, 5) is 64.8. The van der Waals surface area contributed by atoms with E-state index in [1.807, 2.05) is 6.08 Å². The second-order valence-electron chi connectivity index (χ2n) is 21.2. The Kier molecular flexibility index (Phi) is 16.8. The third-order valence-corrected chi connectivity index (χ3v) is 16.2. The summed E-state index contributed by atoms with van der Waals surface area (Å²) < 4.78 is 97.5. The summed E-state index contributed by atoms with van der Waals surface area (Å²) in [5.74, 6) is -3.56. The molecular weight excluding hydrogens is 934 g/mol. The molecule has 1 saturated carbocycles. The van der Waals surface area contributed by atoms with Crippen LogP contribution >= 0.6 is 0 Å². The minimum atomic E-state index is -5.00. The number of aromatic nitrogens is 1. The molecule has 390 valence electrons. The Morgan fingerprint density at radius 3 is 2.34 bits per heavy atom. The average Bonchev–Trinajstić information content (AvgIpc) is 3.94. The summed E-state index contributed by atoms with van der Waals surface area (Å²) in [5.41, 5.74) is -5.59. The fourth-order valence-electron chi connectivity index (χ4n) is 9.22. The molecule has 2 aromatic rings. The van der Waals surface area contributed by atoms with Gasteiger partial charge in [0.05, 0.1) is 36.1 Å². The first-order chi connectivity index (χ1) is 32.7. The van der Waals surface area contributed by atoms with Crippen molar-refractivity contribution >= 4 is 44.7 Å². The molecule has 4 aliphatic rings. The molecule has 0 bridgehead atoms. The van der Waals surface area contributed by atoms with Crippen molar-refractivity contribution in [1.82, 2.24) is 30.1 Å². The summed E-state index contributed by atoms with van der Waals surface area (Å²) in [7, 11) is -2.09. The Labute approximate surface area is 410 Å². The van der Waals surface area contributed by atoms with Crippen molar-refractivity contribution in [2.24, 2.45) is 5.92 Å². The van der Waals surface area contributed by atoms with E-state index in [9.17, 15) is 27.6 Å². The number of fused-ring (bicyclic) bond motifs is 2. The zero-order valence-electron chi connectivity index (χ0n) is 42.2. The van der Waals surface area contributed by atoms with Gasteiger partial charge in [0.25, 0.3) is 5.91 Å². The molecule has 1 aromatic carbocycles. The first-order valence-electron chi connectivity index (χ1n) is 24.7. The highest BCUT2D eigenvalue weighted by Gasteiger charge is 2.55. The zero-order chi connectivity index (χ0) is 51.5. The zero-order valence-corrected chi connectivity index (χ0v) is 43.0. The van der Waals surface area contributed by atoms with Gasteiger partial charge in [-0.3, -0.25) is 19.1 Å². The number of nitrogens with one attached hydrogen (secondary N) is 3. The number of hydrogen-bond acceptors (Lipinski definition) is 12. The van der Waals surface area contributed by atoms with E-state index in [2.05, 4.69) is 32.3 Å². The van der Waals surface area contributed by atoms with Crippen LogP contribution in [0.25, 0.3) is 10.9 Å². The number of carbonyl (C=O) groups excluding carboxylic acids is 4. The van der Waals surface area contributed by atoms with E-state index in [-0.39, 0.29) is 36.4 Å². The van der Waals surface area contributed by atoms with Gasteiger partial charge >= 0.3 is 12.3 Å². The van der Waals surface area contributed by atoms with Crippen LogP contribution < -0.4 is 24.8 Å². The number of aryl methyl sites for hydroxylation is 1. The summed E-state index contributed by atoms with van der Waals surface area (Å²) >= 11 is 0. The number of allylic oxidation sites excluding steroid dienone is 1. The van der Waals surface area contributed by atoms with Crippen LogP contribution in [0.15, 0.2) is 30.4 Å². The third kappa shape index (κ3) is 13.2. The first kappa shape index (κ1) is 54.6. The minimum absolute atomic E-state index is 0.0581. The van der Waals surface area contributed by atoms with E-state index in [1.54, 1.807) is 52.8 Å². The normalized spacial score (nSPS) is 26.9. The van der Waals surface area contributed by atoms with Gasteiger partial charge in [-0.1, -0.05) is 38.8 Å². The molecule has 20 heteroatoms. The highest BCUT2D eigenvalue weighted by atomic mass is 32.2. The van der Waals surface area contributed by atoms with Crippen molar-refractivity contribution in [3.63, 3.8) is 0 Å². The lowest BCUT2D eigenvalue weighted by molar-refractivity contribution is -0.144. The van der Waals surface area contributed by atoms with E-state index < -0.39 is 97.5 Å². The molecule has 0 radical (unpaired) electrons. The Hall–Kier alpha value is -4.69. The number of likely N-dealkylation sites (tertiary alicyclic amines) is 1. The number of halogens is 3. The average molecular weight is 1010 g/mol. The van der Waals surface area contributed by atoms with Crippen LogP contribution in [0, 0.1) is 5.92 Å². The van der Waals surface area contributed by atoms with Gasteiger partial charge in [0, 0.05) is 42.8 Å². The maximum Gasteiger partial charge on any atom is 0.437 e. The molecule has 0 spiro atoms. The number of ether oxygens (including phenoxy) is 4. The molecule has 4 amide bonds. The molecule has 4 heterocycles. The highest BCUT2D eigenvalue weighted by molar-refractivity contribution is 7.91. The first-order valence-corrected chi connectivity index (χ1v) is 26.2. The van der Waals surface area contributed by atoms with Crippen molar-refractivity contribution in [1.29, 1.82) is 0 Å². The van der Waals surface area contributed by atoms with Gasteiger partial charge in [0.1, 0.15) is 34.6 Å². The van der Waals surface area contributed by atoms with Gasteiger partial charge in [-0.25, -0.2) is 18.2 Å². The van der Waals surface area contributed by atoms with Crippen LogP contribution in [-0.2, 0) is 46.5 Å². The number of pyridine rings is 1. The second-order valence-corrected chi connectivity index (χ2v) is 23.4. The van der Waals surface area contributed by atoms with Crippen LogP contribution in [0.5, 0.6) is 11.5 Å². The van der Waals surface area contributed by atoms with Crippen molar-refractivity contribution < 1.29 is 59.7 Å². The van der Waals surface area contributed by atoms with Crippen molar-refractivity contribution in [3.05, 3.63) is 41.6 Å². The minimum Gasteiger partial charge on any atom is -0.493 e. The van der Waals surface area contributed by atoms with E-state index in [0.29, 0.717) is 69.3 Å². The monoisotopic (exact) mass is 1010 g/mol. The molecular formula is C50H73F3N6O10S. The van der Waals surface area contributed by atoms with Gasteiger partial charge in [-0.2, -0.15) is 13.2 Å². The molecule has 6 rings (SSSR count). The molecule has 5 atom stereocenters. The van der Waals surface area contributed by atoms with Crippen molar-refractivity contribution in [2.75, 3.05) is 39.9 Å². The Bertz CT molecular complexity index is 2380. The van der Waals surface area contributed by atoms with Gasteiger partial charge in [-0.15, -0.1) is 0 Å². The number of alkyl halides is 3. The largest absolute Gasteiger partial charge is 0.493 e. The number of amides is 4. The Morgan fingerprint density at radius 1 is 1.00 bits per heavy atom. The number of piperidine rings is 1. The smallest absolute Gasteiger partial charge is 0.437 e. The van der Waals surface area contributed by atoms with Crippen LogP contribution in [0.4, 0.5) is 18.0 Å². The van der Waals surface area contributed by atoms with Gasteiger partial charge in [-0.05, 0) is 118 Å². The molecule has 2 saturated heterocycles. The standard InChI is InChI=1S/C50H73F3N6O10S/c1-10-35-36-29-34(67-28-16-27-66-33-21-25-58(9)26-22-33)19-20-37(36)54-41(50(51,52)53)40(35)68-47(6)30-39-42(60)56-49(8,44(62)57-70(64,65)48(7)23-24-48)32(2)17-14-12-11-13-15-18-38(43(61)59(39)31-47)55-45(63)69-46(3,4)5/h14,17,19-20,29,32-33,38-39H,10-13,15-16,18,21-28,30-31H2,1-9H3,(H,55,63)(H,56,60)(H,57,62)/b17-14-/t32-,38-,39-,47+,49+/m0/s1. The molecule has 16 nitrogen and oxygen atoms in total. The number of hydrogen-bond donors (Lipinski definition) is 3. The quantitative estimate of drug-likeness (QED) is 0.134. The van der Waals surface area contributed by atoms with Crippen molar-refractivity contribution in [2.45, 2.75) is 178 Å². The number of benzene rings is 1. The molecule has 70 heavy (non-hydrogen) atoms. The van der Waals surface area contributed by atoms with E-state index in [1.165, 1.54) is 26.8 Å². The Balaban J connectivity index is 1.35. The van der Waals surface area contributed by atoms with E-state index >= 15 is 13.2 Å². The van der Waals surface area contributed by atoms with Crippen LogP contribution in [0.2, 0.25) is 0 Å². The summed E-state index contributed by atoms with van der Waals surface area (Å²) in [6, 6.07) is 1.94. The summed E-state index contributed by atoms with van der Waals surface area (Å²) in [5, 5.41) is 5.80. The molecule has 3 fully saturated rings. The van der Waals surface area contributed by atoms with E-state index in [0.717, 1.165) is 30.8 Å². The van der Waals surface area contributed by atoms with Crippen LogP contribution in [-0.4, -0.2) is 127 Å². The van der Waals surface area contributed by atoms with Crippen molar-refractivity contribution in [3.8, 4) is 11.5 Å². The fourth-order valence-corrected chi connectivity index (χ4v) is 10.6. The SMILES string of the molecule is CCc1c(O[C@]2(C)C[C@H]3C(=O)N[C@@](C)(C(=O)NS(=O)(=O)C4(C)CC4)[C@@H](C)/C=C\CCCCC[C@H](NC(=O)OC(C)(C)C)C(=O)N3C2)c(C(F)(F)F)nc2ccc(OCCCOC3CCN(C)CC3)cc12. The number of nitrogens with zero attached hydrogens (tertiary/aromatic N) is 3. The van der Waals surface area contributed by atoms with Gasteiger partial charge < -0.3 is 39.4 Å². The number of sulfonamides is 1. The second kappa shape index (κ2) is 21.6. The topological polar surface area (TPSA) is 195 Å². The van der Waals surface area contributed by atoms with Crippen LogP contribution in [0.3, 0.4) is 0 Å². The summed E-state index contributed by atoms with van der Waals surface area (Å²) in [6.45, 7) is 15.1. The predicted molar refractivity (Wildman–Crippen MR) is 258 cm³/mol. The Morgan fingerprint density at radius 2 is 1.70 bits per heavy atom. The van der Waals surface area contributed by atoms with Gasteiger partial charge in [0.2, 0.25) is 21.8 Å². The third-order valence-electron chi connectivity index (χ3n) is 14.0. The van der Waals surface area contributed by atoms with E-state index in [4.69, 9.17) is 18.9 Å². The van der Waals surface area contributed by atoms with Crippen LogP contribution in [0.1, 0.15) is 137 Å². The lowest BCUT2D eigenvalue weighted by atomic mass is 9.85. The molecule has 1 aliphatic carbocycles. The molecule has 3 aliphatic heterocycles.